The monoisotopic (exact) mass is 378 g/mol. The molecular weight excluding hydrogens is 360 g/mol. The average molecular weight is 378 g/mol. The van der Waals surface area contributed by atoms with Gasteiger partial charge in [-0.1, -0.05) is 12.1 Å². The van der Waals surface area contributed by atoms with Crippen molar-refractivity contribution in [2.45, 2.75) is 10.6 Å². The molecule has 0 heterocycles. The van der Waals surface area contributed by atoms with E-state index >= 15 is 0 Å². The maximum absolute atomic E-state index is 12.0. The number of nitro groups is 1. The predicted octanol–water partition coefficient (Wildman–Crippen LogP) is 4.20. The van der Waals surface area contributed by atoms with Crippen molar-refractivity contribution in [2.75, 3.05) is 24.4 Å². The Morgan fingerprint density at radius 2 is 2.08 bits per heavy atom. The molecule has 25 heavy (non-hydrogen) atoms. The van der Waals surface area contributed by atoms with Crippen LogP contribution in [0.4, 0.5) is 11.4 Å². The Labute approximate surface area is 154 Å². The van der Waals surface area contributed by atoms with Crippen molar-refractivity contribution in [1.29, 1.82) is 0 Å². The predicted molar refractivity (Wildman–Crippen MR) is 103 cm³/mol. The number of benzene rings is 2. The first-order valence-corrected chi connectivity index (χ1v) is 9.74. The topological polar surface area (TPSA) is 81.5 Å². The fraction of sp³-hybridized carbons (Fsp3) is 0.235. The maximum atomic E-state index is 12.0. The van der Waals surface area contributed by atoms with Crippen LogP contribution < -0.4 is 10.1 Å². The molecule has 0 spiro atoms. The van der Waals surface area contributed by atoms with Crippen LogP contribution in [0.1, 0.15) is 5.56 Å². The molecular formula is C17H18N2O4S2. The second kappa shape index (κ2) is 9.33. The number of nitro benzene ring substituents is 1. The minimum absolute atomic E-state index is 0.0704. The Bertz CT molecular complexity index is 768. The molecule has 6 nitrogen and oxygen atoms in total. The number of methoxy groups -OCH3 is 1. The number of thioether (sulfide) groups is 2. The highest BCUT2D eigenvalue weighted by atomic mass is 32.2. The van der Waals surface area contributed by atoms with Gasteiger partial charge in [0.25, 0.3) is 0 Å². The van der Waals surface area contributed by atoms with Crippen molar-refractivity contribution in [1.82, 2.24) is 0 Å². The molecule has 2 rings (SSSR count). The van der Waals surface area contributed by atoms with Crippen LogP contribution in [0.3, 0.4) is 0 Å². The molecule has 0 unspecified atom stereocenters. The van der Waals surface area contributed by atoms with E-state index in [0.29, 0.717) is 5.75 Å². The summed E-state index contributed by atoms with van der Waals surface area (Å²) in [5.74, 6) is 0.892. The quantitative estimate of drug-likeness (QED) is 0.421. The molecule has 0 aliphatic carbocycles. The summed E-state index contributed by atoms with van der Waals surface area (Å²) >= 11 is 3.01. The number of amides is 1. The van der Waals surface area contributed by atoms with E-state index in [9.17, 15) is 14.9 Å². The summed E-state index contributed by atoms with van der Waals surface area (Å²) in [5, 5.41) is 13.9. The average Bonchev–Trinajstić information content (AvgIpc) is 2.61. The zero-order valence-corrected chi connectivity index (χ0v) is 15.5. The summed E-state index contributed by atoms with van der Waals surface area (Å²) in [4.78, 5) is 23.6. The van der Waals surface area contributed by atoms with Crippen molar-refractivity contribution in [3.05, 3.63) is 58.1 Å². The Balaban J connectivity index is 1.88. The maximum Gasteiger partial charge on any atom is 0.311 e. The number of carbonyl (C=O) groups is 1. The van der Waals surface area contributed by atoms with Crippen LogP contribution in [-0.2, 0) is 10.5 Å². The van der Waals surface area contributed by atoms with Gasteiger partial charge in [-0.25, -0.2) is 0 Å². The number of nitrogens with one attached hydrogen (secondary N) is 1. The molecule has 0 saturated heterocycles. The van der Waals surface area contributed by atoms with Crippen molar-refractivity contribution >= 4 is 40.8 Å². The van der Waals surface area contributed by atoms with Gasteiger partial charge in [0, 0.05) is 22.4 Å². The molecule has 1 N–H and O–H groups in total. The third kappa shape index (κ3) is 5.68. The lowest BCUT2D eigenvalue weighted by molar-refractivity contribution is -0.385. The molecule has 0 aromatic heterocycles. The summed E-state index contributed by atoms with van der Waals surface area (Å²) in [5.41, 5.74) is 1.46. The Hall–Kier alpha value is -2.19. The van der Waals surface area contributed by atoms with Gasteiger partial charge < -0.3 is 10.1 Å². The lowest BCUT2D eigenvalue weighted by Crippen LogP contribution is -2.14. The number of hydrogen-bond acceptors (Lipinski definition) is 6. The smallest absolute Gasteiger partial charge is 0.311 e. The van der Waals surface area contributed by atoms with E-state index < -0.39 is 4.92 Å². The van der Waals surface area contributed by atoms with Gasteiger partial charge in [-0.3, -0.25) is 14.9 Å². The molecule has 0 radical (unpaired) electrons. The lowest BCUT2D eigenvalue weighted by Gasteiger charge is -2.07. The molecule has 0 bridgehead atoms. The molecule has 2 aromatic carbocycles. The van der Waals surface area contributed by atoms with Crippen LogP contribution >= 0.6 is 23.5 Å². The first kappa shape index (κ1) is 19.1. The molecule has 2 aromatic rings. The van der Waals surface area contributed by atoms with Crippen LogP contribution in [0.15, 0.2) is 47.4 Å². The second-order valence-electron chi connectivity index (χ2n) is 5.04. The molecule has 0 atom stereocenters. The highest BCUT2D eigenvalue weighted by Crippen LogP contribution is 2.29. The highest BCUT2D eigenvalue weighted by molar-refractivity contribution is 7.99. The Morgan fingerprint density at radius 3 is 2.76 bits per heavy atom. The zero-order valence-electron chi connectivity index (χ0n) is 13.9. The van der Waals surface area contributed by atoms with Gasteiger partial charge in [0.1, 0.15) is 0 Å². The first-order chi connectivity index (χ1) is 12.0. The SMILES string of the molecule is COc1ccc(CSCC(=O)Nc2cccc(SC)c2)cc1[N+](=O)[O-]. The number of hydrogen-bond donors (Lipinski definition) is 1. The number of carbonyl (C=O) groups excluding carboxylic acids is 1. The van der Waals surface area contributed by atoms with E-state index in [1.165, 1.54) is 24.9 Å². The number of ether oxygens (including phenoxy) is 1. The van der Waals surface area contributed by atoms with Crippen LogP contribution in [0.25, 0.3) is 0 Å². The third-order valence-electron chi connectivity index (χ3n) is 3.30. The number of nitrogens with zero attached hydrogens (tertiary/aromatic N) is 1. The molecule has 1 amide bonds. The Kier molecular flexibility index (Phi) is 7.15. The summed E-state index contributed by atoms with van der Waals surface area (Å²) in [6, 6.07) is 12.4. The van der Waals surface area contributed by atoms with Gasteiger partial charge in [-0.2, -0.15) is 0 Å². The van der Waals surface area contributed by atoms with Gasteiger partial charge >= 0.3 is 5.69 Å². The van der Waals surface area contributed by atoms with Crippen molar-refractivity contribution in [3.63, 3.8) is 0 Å². The van der Waals surface area contributed by atoms with Crippen LogP contribution in [0.5, 0.6) is 5.75 Å². The van der Waals surface area contributed by atoms with E-state index in [0.717, 1.165) is 16.1 Å². The fourth-order valence-electron chi connectivity index (χ4n) is 2.13. The van der Waals surface area contributed by atoms with Crippen molar-refractivity contribution in [2.24, 2.45) is 0 Å². The fourth-order valence-corrected chi connectivity index (χ4v) is 3.36. The standard InChI is InChI=1S/C17H18N2O4S2/c1-23-16-7-6-12(8-15(16)19(21)22)10-25-11-17(20)18-13-4-3-5-14(9-13)24-2/h3-9H,10-11H2,1-2H3,(H,18,20). The van der Waals surface area contributed by atoms with E-state index in [4.69, 9.17) is 4.74 Å². The molecule has 0 saturated carbocycles. The highest BCUT2D eigenvalue weighted by Gasteiger charge is 2.15. The largest absolute Gasteiger partial charge is 0.490 e. The van der Waals surface area contributed by atoms with E-state index in [1.54, 1.807) is 23.9 Å². The zero-order chi connectivity index (χ0) is 18.2. The van der Waals surface area contributed by atoms with Gasteiger partial charge in [0.2, 0.25) is 5.91 Å². The molecule has 8 heteroatoms. The summed E-state index contributed by atoms with van der Waals surface area (Å²) in [6.45, 7) is 0. The lowest BCUT2D eigenvalue weighted by atomic mass is 10.2. The van der Waals surface area contributed by atoms with E-state index in [2.05, 4.69) is 5.32 Å². The van der Waals surface area contributed by atoms with Crippen LogP contribution in [0.2, 0.25) is 0 Å². The molecule has 0 fully saturated rings. The normalized spacial score (nSPS) is 10.3. The van der Waals surface area contributed by atoms with Crippen LogP contribution in [0, 0.1) is 10.1 Å². The minimum atomic E-state index is -0.474. The third-order valence-corrected chi connectivity index (χ3v) is 5.02. The Morgan fingerprint density at radius 1 is 1.28 bits per heavy atom. The van der Waals surface area contributed by atoms with Crippen LogP contribution in [-0.4, -0.2) is 29.9 Å². The minimum Gasteiger partial charge on any atom is -0.490 e. The van der Waals surface area contributed by atoms with Gasteiger partial charge in [-0.15, -0.1) is 23.5 Å². The van der Waals surface area contributed by atoms with Crippen molar-refractivity contribution < 1.29 is 14.5 Å². The number of anilines is 1. The van der Waals surface area contributed by atoms with E-state index in [-0.39, 0.29) is 23.1 Å². The molecule has 0 aliphatic heterocycles. The first-order valence-electron chi connectivity index (χ1n) is 7.36. The summed E-state index contributed by atoms with van der Waals surface area (Å²) in [6.07, 6.45) is 1.98. The summed E-state index contributed by atoms with van der Waals surface area (Å²) < 4.78 is 4.98. The number of rotatable bonds is 8. The van der Waals surface area contributed by atoms with Gasteiger partial charge in [0.05, 0.1) is 17.8 Å². The van der Waals surface area contributed by atoms with Crippen molar-refractivity contribution in [3.8, 4) is 5.75 Å². The van der Waals surface area contributed by atoms with E-state index in [1.807, 2.05) is 30.5 Å². The summed E-state index contributed by atoms with van der Waals surface area (Å²) in [7, 11) is 1.40. The molecule has 0 aliphatic rings. The second-order valence-corrected chi connectivity index (χ2v) is 6.90. The van der Waals surface area contributed by atoms with Gasteiger partial charge in [-0.05, 0) is 36.1 Å². The van der Waals surface area contributed by atoms with Gasteiger partial charge in [0.15, 0.2) is 5.75 Å². The molecule has 132 valence electrons.